The predicted octanol–water partition coefficient (Wildman–Crippen LogP) is 11.5. The first kappa shape index (κ1) is 49.8. The number of fused-ring (bicyclic) bond motifs is 3. The van der Waals surface area contributed by atoms with Crippen LogP contribution in [0.5, 0.6) is 11.5 Å². The van der Waals surface area contributed by atoms with Crippen LogP contribution >= 0.6 is 22.7 Å². The fourth-order valence-electron chi connectivity index (χ4n) is 9.96. The van der Waals surface area contributed by atoms with Gasteiger partial charge >= 0.3 is 6.85 Å². The van der Waals surface area contributed by atoms with Crippen molar-refractivity contribution in [3.05, 3.63) is 209 Å². The Morgan fingerprint density at radius 2 is 0.961 bits per heavy atom. The summed E-state index contributed by atoms with van der Waals surface area (Å²) in [5.41, 5.74) is 8.98. The number of aromatic nitrogens is 4. The number of nitriles is 2. The van der Waals surface area contributed by atoms with E-state index in [1.807, 2.05) is 78.9 Å². The van der Waals surface area contributed by atoms with Crippen molar-refractivity contribution < 1.29 is 9.47 Å². The highest BCUT2D eigenvalue weighted by molar-refractivity contribution is 7.20. The molecule has 2 atom stereocenters. The van der Waals surface area contributed by atoms with Crippen LogP contribution in [0.15, 0.2) is 188 Å². The van der Waals surface area contributed by atoms with E-state index in [0.29, 0.717) is 64.3 Å². The smallest absolute Gasteiger partial charge is 0.328 e. The molecule has 76 heavy (non-hydrogen) atoms. The van der Waals surface area contributed by atoms with Crippen LogP contribution in [0.3, 0.4) is 0 Å². The Balaban J connectivity index is 1.41. The van der Waals surface area contributed by atoms with Gasteiger partial charge in [-0.05, 0) is 95.8 Å². The molecule has 0 saturated carbocycles. The Bertz CT molecular complexity index is 3960. The molecule has 0 radical (unpaired) electrons. The largest absolute Gasteiger partial charge is 0.493 e. The lowest BCUT2D eigenvalue weighted by atomic mass is 9.50. The summed E-state index contributed by atoms with van der Waals surface area (Å²) in [6.45, 7) is 9.46. The number of para-hydroxylation sites is 2. The van der Waals surface area contributed by atoms with Gasteiger partial charge in [-0.15, -0.1) is 22.7 Å². The van der Waals surface area contributed by atoms with Crippen molar-refractivity contribution in [2.24, 2.45) is 11.8 Å². The van der Waals surface area contributed by atoms with Crippen LogP contribution in [-0.2, 0) is 0 Å². The van der Waals surface area contributed by atoms with Gasteiger partial charge in [0.2, 0.25) is 0 Å². The molecule has 0 saturated heterocycles. The van der Waals surface area contributed by atoms with Crippen molar-refractivity contribution in [3.63, 3.8) is 0 Å². The maximum absolute atomic E-state index is 12.1. The Morgan fingerprint density at radius 3 is 1.42 bits per heavy atom. The Labute approximate surface area is 452 Å². The molecule has 0 amide bonds. The van der Waals surface area contributed by atoms with E-state index in [9.17, 15) is 10.5 Å². The standard InChI is InChI=1S/C64H54B2N6O2S2/c1-5-42(3)40-73-49-34-30-44(31-35-49)59-57-58(61(71(59)65-46-20-10-7-11-21-46)51(38-67)63-69-53-26-16-18-28-55(53)75-63)60(45-32-36-50(37-33-45)74-41-43(4)6-2)72(66(47-22-12-8-13-23-47)48-24-14-9-15-25-48)62(57)52(39-68)64-70-54-27-17-19-29-56(54)76-64/h7-37,42-43,65H,5-6,40-41H2,1-4H3/b61-51-,62-52-. The molecule has 0 spiro atoms. The van der Waals surface area contributed by atoms with Crippen LogP contribution in [-0.4, -0.2) is 46.4 Å². The Morgan fingerprint density at radius 1 is 0.539 bits per heavy atom. The van der Waals surface area contributed by atoms with E-state index in [2.05, 4.69) is 158 Å². The molecule has 4 aromatic heterocycles. The van der Waals surface area contributed by atoms with Gasteiger partial charge in [-0.25, -0.2) is 9.97 Å². The average molecular weight is 1020 g/mol. The van der Waals surface area contributed by atoms with E-state index in [1.54, 1.807) is 0 Å². The fraction of sp³-hybridized carbons (Fsp3) is 0.156. The molecular formula is C64H54B2N6O2S2. The minimum Gasteiger partial charge on any atom is -0.493 e. The van der Waals surface area contributed by atoms with Gasteiger partial charge in [0.25, 0.3) is 7.41 Å². The summed E-state index contributed by atoms with van der Waals surface area (Å²) < 4.78 is 19.5. The SMILES string of the molecule is CCC(C)COc1ccc(-c2c3/c(=C(\C#N)c4nc5ccccc5s4)n(B(c4ccccc4)c4ccccc4)c(-c4ccc(OCC(C)CC)cc4)c3/c(=C(\C#N)c3nc4ccccc4s3)n2Bc2ccccc2)cc1. The van der Waals surface area contributed by atoms with E-state index < -0.39 is 6.85 Å². The third-order valence-electron chi connectivity index (χ3n) is 14.3. The summed E-state index contributed by atoms with van der Waals surface area (Å²) in [4.78, 5) is 10.5. The second-order valence-electron chi connectivity index (χ2n) is 19.5. The zero-order valence-electron chi connectivity index (χ0n) is 43.0. The lowest BCUT2D eigenvalue weighted by molar-refractivity contribution is 0.256. The van der Waals surface area contributed by atoms with Crippen molar-refractivity contribution in [1.29, 1.82) is 10.5 Å². The average Bonchev–Trinajstić information content (AvgIpc) is 4.44. The van der Waals surface area contributed by atoms with E-state index in [0.717, 1.165) is 94.4 Å². The molecule has 12 heteroatoms. The summed E-state index contributed by atoms with van der Waals surface area (Å²) in [6, 6.07) is 69.8. The highest BCUT2D eigenvalue weighted by Gasteiger charge is 2.35. The fourth-order valence-corrected chi connectivity index (χ4v) is 11.9. The zero-order chi connectivity index (χ0) is 52.1. The molecule has 2 unspecified atom stereocenters. The second kappa shape index (κ2) is 22.2. The number of benzene rings is 7. The molecule has 0 aliphatic heterocycles. The number of hydrogen-bond acceptors (Lipinski definition) is 8. The lowest BCUT2D eigenvalue weighted by Crippen LogP contribution is -2.53. The first-order valence-electron chi connectivity index (χ1n) is 26.0. The summed E-state index contributed by atoms with van der Waals surface area (Å²) in [5.74, 6) is 2.30. The Kier molecular flexibility index (Phi) is 14.5. The Hall–Kier alpha value is -8.41. The molecule has 370 valence electrons. The second-order valence-corrected chi connectivity index (χ2v) is 21.5. The molecule has 11 rings (SSSR count). The van der Waals surface area contributed by atoms with Crippen molar-refractivity contribution in [2.75, 3.05) is 13.2 Å². The maximum atomic E-state index is 12.1. The minimum absolute atomic E-state index is 0.382. The van der Waals surface area contributed by atoms with Gasteiger partial charge in [-0.1, -0.05) is 172 Å². The normalized spacial score (nSPS) is 13.0. The topological polar surface area (TPSA) is 102 Å². The first-order chi connectivity index (χ1) is 37.3. The number of thiazole rings is 2. The van der Waals surface area contributed by atoms with Crippen LogP contribution in [0.25, 0.3) is 64.9 Å². The maximum Gasteiger partial charge on any atom is 0.328 e. The van der Waals surface area contributed by atoms with Crippen molar-refractivity contribution in [1.82, 2.24) is 18.9 Å². The predicted molar refractivity (Wildman–Crippen MR) is 317 cm³/mol. The summed E-state index contributed by atoms with van der Waals surface area (Å²) in [7, 11) is 0.396. The van der Waals surface area contributed by atoms with Crippen LogP contribution in [0, 0.1) is 34.5 Å². The highest BCUT2D eigenvalue weighted by Crippen LogP contribution is 2.38. The number of hydrogen-bond donors (Lipinski definition) is 0. The van der Waals surface area contributed by atoms with Crippen LogP contribution in [0.4, 0.5) is 0 Å². The monoisotopic (exact) mass is 1020 g/mol. The number of ether oxygens (including phenoxy) is 2. The van der Waals surface area contributed by atoms with Gasteiger partial charge in [-0.3, -0.25) is 0 Å². The third-order valence-corrected chi connectivity index (χ3v) is 16.4. The molecule has 7 aromatic carbocycles. The summed E-state index contributed by atoms with van der Waals surface area (Å²) in [6.07, 6.45) is 2.01. The number of nitrogens with zero attached hydrogens (tertiary/aromatic N) is 6. The van der Waals surface area contributed by atoms with E-state index >= 15 is 0 Å². The van der Waals surface area contributed by atoms with Gasteiger partial charge in [-0.2, -0.15) is 10.5 Å². The molecule has 0 aliphatic rings. The van der Waals surface area contributed by atoms with Gasteiger partial charge in [0.15, 0.2) is 0 Å². The van der Waals surface area contributed by atoms with Crippen LogP contribution in [0.2, 0.25) is 0 Å². The van der Waals surface area contributed by atoms with E-state index in [-0.39, 0.29) is 0 Å². The van der Waals surface area contributed by atoms with Crippen LogP contribution < -0.4 is 36.6 Å². The van der Waals surface area contributed by atoms with Gasteiger partial charge in [0, 0.05) is 22.2 Å². The molecule has 11 aromatic rings. The van der Waals surface area contributed by atoms with Gasteiger partial charge in [0.05, 0.1) is 44.3 Å². The quantitative estimate of drug-likeness (QED) is 0.0842. The van der Waals surface area contributed by atoms with Gasteiger partial charge in [0.1, 0.15) is 44.8 Å². The van der Waals surface area contributed by atoms with Crippen molar-refractivity contribution in [3.8, 4) is 46.2 Å². The number of rotatable bonds is 17. The molecule has 4 heterocycles. The molecule has 0 N–H and O–H groups in total. The molecule has 8 nitrogen and oxygen atoms in total. The summed E-state index contributed by atoms with van der Waals surface area (Å²) >= 11 is 3.02. The van der Waals surface area contributed by atoms with Crippen molar-refractivity contribution in [2.45, 2.75) is 40.5 Å². The minimum atomic E-state index is -0.480. The highest BCUT2D eigenvalue weighted by atomic mass is 32.1. The summed E-state index contributed by atoms with van der Waals surface area (Å²) in [5, 5.41) is 28.3. The van der Waals surface area contributed by atoms with E-state index in [1.165, 1.54) is 22.7 Å². The molecule has 0 fully saturated rings. The van der Waals surface area contributed by atoms with E-state index in [4.69, 9.17) is 19.4 Å². The van der Waals surface area contributed by atoms with Crippen molar-refractivity contribution >= 4 is 95.7 Å². The molecule has 0 bridgehead atoms. The molecule has 0 aliphatic carbocycles. The van der Waals surface area contributed by atoms with Crippen LogP contribution in [0.1, 0.15) is 50.6 Å². The zero-order valence-corrected chi connectivity index (χ0v) is 44.6. The first-order valence-corrected chi connectivity index (χ1v) is 27.7. The van der Waals surface area contributed by atoms with Gasteiger partial charge < -0.3 is 18.4 Å². The molecular weight excluding hydrogens is 971 g/mol. The lowest BCUT2D eigenvalue weighted by Gasteiger charge is -2.22. The third kappa shape index (κ3) is 9.74.